The van der Waals surface area contributed by atoms with Crippen LogP contribution in [0.1, 0.15) is 50.5 Å². The molecule has 2 fully saturated rings. The van der Waals surface area contributed by atoms with Crippen molar-refractivity contribution in [1.82, 2.24) is 36.4 Å². The van der Waals surface area contributed by atoms with E-state index in [-0.39, 0.29) is 50.3 Å². The fourth-order valence-electron chi connectivity index (χ4n) is 6.61. The molecule has 0 saturated carbocycles. The summed E-state index contributed by atoms with van der Waals surface area (Å²) in [5.41, 5.74) is 11.8. The predicted molar refractivity (Wildman–Crippen MR) is 209 cm³/mol. The number of aromatic hydroxyl groups is 1. The van der Waals surface area contributed by atoms with Crippen molar-refractivity contribution in [3.8, 4) is 5.75 Å². The number of aliphatic hydroxyl groups excluding tert-OH is 2. The topological polar surface area (TPSA) is 336 Å². The van der Waals surface area contributed by atoms with Crippen LogP contribution in [0.2, 0.25) is 0 Å². The SMILES string of the molecule is NCCCC[C@H](NC(=O)[C@@H](N)CO)C(=O)N[C@@H](Cc1ccc(O)cc1)C(=O)NCC(=O)N1CCC[C@H]1C(=O)N[C@@H](CS)C(=O)N1CCC[C@H]1C(=O)N[C@@H](CO)C(=O)O. The van der Waals surface area contributed by atoms with Crippen molar-refractivity contribution in [2.24, 2.45) is 11.5 Å². The number of likely N-dealkylation sites (tertiary alicyclic amines) is 2. The zero-order valence-corrected chi connectivity index (χ0v) is 32.9. The van der Waals surface area contributed by atoms with E-state index in [1.54, 1.807) is 0 Å². The lowest BCUT2D eigenvalue weighted by Crippen LogP contribution is -2.58. The number of phenols is 1. The average Bonchev–Trinajstić information content (AvgIpc) is 3.91. The Morgan fingerprint density at radius 1 is 0.759 bits per heavy atom. The normalized spacial score (nSPS) is 18.9. The molecule has 2 saturated heterocycles. The third-order valence-electron chi connectivity index (χ3n) is 9.85. The summed E-state index contributed by atoms with van der Waals surface area (Å²) < 4.78 is 0. The van der Waals surface area contributed by atoms with Crippen molar-refractivity contribution in [2.75, 3.05) is 45.1 Å². The van der Waals surface area contributed by atoms with Crippen molar-refractivity contribution >= 4 is 59.9 Å². The molecule has 0 unspecified atom stereocenters. The number of unbranched alkanes of at least 4 members (excludes halogenated alkanes) is 1. The van der Waals surface area contributed by atoms with E-state index in [2.05, 4.69) is 39.2 Å². The third kappa shape index (κ3) is 13.5. The van der Waals surface area contributed by atoms with Crippen molar-refractivity contribution < 1.29 is 58.8 Å². The number of benzene rings is 1. The minimum Gasteiger partial charge on any atom is -0.508 e. The Balaban J connectivity index is 1.69. The van der Waals surface area contributed by atoms with E-state index < -0.39 is 109 Å². The molecule has 0 aromatic heterocycles. The van der Waals surface area contributed by atoms with Gasteiger partial charge in [0, 0.05) is 25.3 Å². The minimum absolute atomic E-state index is 0.0332. The van der Waals surface area contributed by atoms with Crippen LogP contribution in [0, 0.1) is 0 Å². The fourth-order valence-corrected chi connectivity index (χ4v) is 6.86. The highest BCUT2D eigenvalue weighted by Gasteiger charge is 2.41. The Bertz CT molecular complexity index is 1620. The van der Waals surface area contributed by atoms with Gasteiger partial charge in [-0.2, -0.15) is 12.6 Å². The second-order valence-electron chi connectivity index (χ2n) is 14.0. The number of aliphatic hydroxyl groups is 2. The number of nitrogens with one attached hydrogen (secondary N) is 5. The molecule has 21 nitrogen and oxygen atoms in total. The standard InChI is InChI=1S/C36H55N9O12S/c37-12-2-1-5-23(40-30(50)22(38)17-46)32(52)41-24(15-20-8-10-21(48)11-9-20)31(51)39-16-29(49)44-13-3-6-27(44)33(53)43-26(19-58)35(55)45-14-4-7-28(45)34(54)42-25(18-47)36(56)57/h8-11,22-28,46-48,58H,1-7,12-19,37-38H2,(H,39,51)(H,40,50)(H,41,52)(H,42,54)(H,43,53)(H,56,57)/t22-,23-,24-,25-,26-,27-,28-/m0/s1. The monoisotopic (exact) mass is 837 g/mol. The Hall–Kier alpha value is -5.03. The summed E-state index contributed by atoms with van der Waals surface area (Å²) in [6, 6.07) is -2.69. The van der Waals surface area contributed by atoms with Gasteiger partial charge in [-0.1, -0.05) is 12.1 Å². The Morgan fingerprint density at radius 2 is 1.34 bits per heavy atom. The number of hydrogen-bond acceptors (Lipinski definition) is 14. The number of carboxylic acids is 1. The molecule has 2 aliphatic heterocycles. The zero-order valence-electron chi connectivity index (χ0n) is 32.0. The highest BCUT2D eigenvalue weighted by atomic mass is 32.1. The average molecular weight is 838 g/mol. The van der Waals surface area contributed by atoms with Crippen LogP contribution in [0.15, 0.2) is 24.3 Å². The predicted octanol–water partition coefficient (Wildman–Crippen LogP) is -4.57. The first-order valence-electron chi connectivity index (χ1n) is 19.0. The summed E-state index contributed by atoms with van der Waals surface area (Å²) in [4.78, 5) is 107. The number of aliphatic carboxylic acids is 1. The second kappa shape index (κ2) is 23.4. The summed E-state index contributed by atoms with van der Waals surface area (Å²) in [5.74, 6) is -6.65. The van der Waals surface area contributed by atoms with Gasteiger partial charge in [0.05, 0.1) is 19.8 Å². The van der Waals surface area contributed by atoms with Gasteiger partial charge in [-0.25, -0.2) is 4.79 Å². The molecule has 0 aliphatic carbocycles. The lowest BCUT2D eigenvalue weighted by atomic mass is 10.0. The molecule has 7 amide bonds. The summed E-state index contributed by atoms with van der Waals surface area (Å²) in [7, 11) is 0. The van der Waals surface area contributed by atoms with E-state index in [0.717, 1.165) is 0 Å². The van der Waals surface area contributed by atoms with E-state index in [1.807, 2.05) is 0 Å². The van der Waals surface area contributed by atoms with Gasteiger partial charge in [-0.3, -0.25) is 33.6 Å². The fraction of sp³-hybridized carbons (Fsp3) is 0.611. The maximum atomic E-state index is 13.6. The molecular formula is C36H55N9O12S. The molecule has 2 heterocycles. The summed E-state index contributed by atoms with van der Waals surface area (Å²) in [5, 5.41) is 50.0. The van der Waals surface area contributed by atoms with Crippen molar-refractivity contribution in [3.05, 3.63) is 29.8 Å². The number of nitrogens with two attached hydrogens (primary N) is 2. The lowest BCUT2D eigenvalue weighted by Gasteiger charge is -2.30. The van der Waals surface area contributed by atoms with Gasteiger partial charge in [0.2, 0.25) is 41.4 Å². The zero-order chi connectivity index (χ0) is 42.9. The van der Waals surface area contributed by atoms with Gasteiger partial charge in [-0.05, 0) is 69.2 Å². The quantitative estimate of drug-likeness (QED) is 0.0387. The van der Waals surface area contributed by atoms with Crippen LogP contribution in [0.25, 0.3) is 0 Å². The maximum absolute atomic E-state index is 13.6. The number of carbonyl (C=O) groups excluding carboxylic acids is 7. The van der Waals surface area contributed by atoms with E-state index in [1.165, 1.54) is 34.1 Å². The Labute approximate surface area is 340 Å². The Kier molecular flexibility index (Phi) is 19.1. The molecule has 322 valence electrons. The minimum atomic E-state index is -1.56. The number of amides is 7. The van der Waals surface area contributed by atoms with E-state index >= 15 is 0 Å². The molecule has 13 N–H and O–H groups in total. The van der Waals surface area contributed by atoms with Crippen LogP contribution in [-0.2, 0) is 44.8 Å². The molecule has 0 spiro atoms. The number of rotatable bonds is 22. The number of hydrogen-bond donors (Lipinski definition) is 12. The molecule has 3 rings (SSSR count). The van der Waals surface area contributed by atoms with Gasteiger partial charge >= 0.3 is 5.97 Å². The van der Waals surface area contributed by atoms with Crippen LogP contribution in [0.4, 0.5) is 0 Å². The smallest absolute Gasteiger partial charge is 0.328 e. The number of nitrogens with zero attached hydrogens (tertiary/aromatic N) is 2. The van der Waals surface area contributed by atoms with Crippen molar-refractivity contribution in [1.29, 1.82) is 0 Å². The molecular weight excluding hydrogens is 783 g/mol. The van der Waals surface area contributed by atoms with Gasteiger partial charge in [0.1, 0.15) is 48.0 Å². The first-order chi connectivity index (χ1) is 27.6. The second-order valence-corrected chi connectivity index (χ2v) is 14.4. The molecule has 1 aromatic rings. The maximum Gasteiger partial charge on any atom is 0.328 e. The largest absolute Gasteiger partial charge is 0.508 e. The third-order valence-corrected chi connectivity index (χ3v) is 10.2. The van der Waals surface area contributed by atoms with Crippen molar-refractivity contribution in [3.63, 3.8) is 0 Å². The number of phenolic OH excluding ortho intramolecular Hbond substituents is 1. The number of thiol groups is 1. The van der Waals surface area contributed by atoms with Crippen LogP contribution in [0.3, 0.4) is 0 Å². The number of carbonyl (C=O) groups is 8. The molecule has 22 heteroatoms. The molecule has 2 aliphatic rings. The van der Waals surface area contributed by atoms with Gasteiger partial charge in [0.25, 0.3) is 0 Å². The number of carboxylic acid groups (broad SMARTS) is 1. The molecule has 7 atom stereocenters. The highest BCUT2D eigenvalue weighted by Crippen LogP contribution is 2.21. The van der Waals surface area contributed by atoms with E-state index in [9.17, 15) is 58.8 Å². The van der Waals surface area contributed by atoms with Crippen LogP contribution in [-0.4, -0.2) is 165 Å². The van der Waals surface area contributed by atoms with E-state index in [4.69, 9.17) is 11.5 Å². The highest BCUT2D eigenvalue weighted by molar-refractivity contribution is 7.80. The van der Waals surface area contributed by atoms with Crippen LogP contribution >= 0.6 is 12.6 Å². The lowest BCUT2D eigenvalue weighted by molar-refractivity contribution is -0.145. The van der Waals surface area contributed by atoms with Gasteiger partial charge < -0.3 is 68.3 Å². The summed E-state index contributed by atoms with van der Waals surface area (Å²) in [6.07, 6.45) is 2.35. The van der Waals surface area contributed by atoms with Gasteiger partial charge in [0.15, 0.2) is 0 Å². The molecule has 0 radical (unpaired) electrons. The molecule has 1 aromatic carbocycles. The van der Waals surface area contributed by atoms with Crippen LogP contribution in [0.5, 0.6) is 5.75 Å². The van der Waals surface area contributed by atoms with Gasteiger partial charge in [-0.15, -0.1) is 0 Å². The Morgan fingerprint density at radius 3 is 1.91 bits per heavy atom. The van der Waals surface area contributed by atoms with E-state index in [0.29, 0.717) is 37.8 Å². The first-order valence-corrected chi connectivity index (χ1v) is 19.7. The summed E-state index contributed by atoms with van der Waals surface area (Å²) in [6.45, 7) is -1.46. The summed E-state index contributed by atoms with van der Waals surface area (Å²) >= 11 is 4.22. The first kappa shape index (κ1) is 47.3. The van der Waals surface area contributed by atoms with Crippen molar-refractivity contribution in [2.45, 2.75) is 93.7 Å². The van der Waals surface area contributed by atoms with Crippen LogP contribution < -0.4 is 38.1 Å². The molecule has 58 heavy (non-hydrogen) atoms. The molecule has 0 bridgehead atoms.